The third-order valence-corrected chi connectivity index (χ3v) is 7.62. The van der Waals surface area contributed by atoms with Gasteiger partial charge in [0.2, 0.25) is 0 Å². The van der Waals surface area contributed by atoms with Crippen LogP contribution in [0.5, 0.6) is 5.75 Å². The normalized spacial score (nSPS) is 17.2. The predicted molar refractivity (Wildman–Crippen MR) is 152 cm³/mol. The number of thiocarbonyl (C=S) groups is 1. The molecular weight excluding hydrogens is 520 g/mol. The Bertz CT molecular complexity index is 1540. The third kappa shape index (κ3) is 5.17. The Morgan fingerprint density at radius 1 is 1.13 bits per heavy atom. The lowest BCUT2D eigenvalue weighted by Crippen LogP contribution is -2.35. The van der Waals surface area contributed by atoms with Crippen molar-refractivity contribution in [1.29, 1.82) is 0 Å². The van der Waals surface area contributed by atoms with Crippen LogP contribution in [0.15, 0.2) is 71.9 Å². The second-order valence-corrected chi connectivity index (χ2v) is 10.4. The SMILES string of the molecule is O=c1c(C(=S)NCc2ccc(Cl)cc2)cn2c3c(cc(CN4CCOCC4)cc13)OC(c1cccnc1)C2. The van der Waals surface area contributed by atoms with E-state index in [0.29, 0.717) is 53.0 Å². The molecule has 2 aliphatic heterocycles. The molecule has 0 spiro atoms. The summed E-state index contributed by atoms with van der Waals surface area (Å²) in [5.74, 6) is 0.703. The number of benzene rings is 2. The summed E-state index contributed by atoms with van der Waals surface area (Å²) in [4.78, 5) is 20.8. The van der Waals surface area contributed by atoms with Crippen LogP contribution in [-0.2, 0) is 24.4 Å². The highest BCUT2D eigenvalue weighted by atomic mass is 35.5. The molecule has 0 saturated carbocycles. The average Bonchev–Trinajstić information content (AvgIpc) is 2.95. The molecular formula is C29H27ClN4O3S. The van der Waals surface area contributed by atoms with Crippen LogP contribution in [0.25, 0.3) is 10.9 Å². The number of rotatable bonds is 6. The topological polar surface area (TPSA) is 68.6 Å². The molecule has 4 aromatic rings. The Morgan fingerprint density at radius 3 is 2.71 bits per heavy atom. The van der Waals surface area contributed by atoms with E-state index in [4.69, 9.17) is 33.3 Å². The highest BCUT2D eigenvalue weighted by molar-refractivity contribution is 7.80. The minimum absolute atomic E-state index is 0.0987. The Morgan fingerprint density at radius 2 is 1.95 bits per heavy atom. The first kappa shape index (κ1) is 25.0. The summed E-state index contributed by atoms with van der Waals surface area (Å²) >= 11 is 11.7. The van der Waals surface area contributed by atoms with Crippen molar-refractivity contribution in [3.05, 3.63) is 105 Å². The summed E-state index contributed by atoms with van der Waals surface area (Å²) < 4.78 is 14.1. The monoisotopic (exact) mass is 546 g/mol. The zero-order valence-electron chi connectivity index (χ0n) is 20.7. The van der Waals surface area contributed by atoms with Gasteiger partial charge in [0.25, 0.3) is 0 Å². The van der Waals surface area contributed by atoms with E-state index in [9.17, 15) is 4.79 Å². The molecule has 1 fully saturated rings. The Balaban J connectivity index is 1.38. The van der Waals surface area contributed by atoms with E-state index < -0.39 is 0 Å². The quantitative estimate of drug-likeness (QED) is 0.358. The van der Waals surface area contributed by atoms with E-state index in [2.05, 4.69) is 25.8 Å². The number of nitrogens with zero attached hydrogens (tertiary/aromatic N) is 3. The molecule has 0 aliphatic carbocycles. The van der Waals surface area contributed by atoms with Gasteiger partial charge in [0.15, 0.2) is 5.43 Å². The van der Waals surface area contributed by atoms with Crippen LogP contribution in [0, 0.1) is 0 Å². The summed E-state index contributed by atoms with van der Waals surface area (Å²) in [6.07, 6.45) is 5.20. The molecule has 0 amide bonds. The van der Waals surface area contributed by atoms with Crippen molar-refractivity contribution >= 4 is 39.7 Å². The highest BCUT2D eigenvalue weighted by Gasteiger charge is 2.27. The van der Waals surface area contributed by atoms with Gasteiger partial charge >= 0.3 is 0 Å². The van der Waals surface area contributed by atoms with Crippen LogP contribution < -0.4 is 15.5 Å². The van der Waals surface area contributed by atoms with Gasteiger partial charge in [-0.1, -0.05) is 42.0 Å². The number of aromatic nitrogens is 2. The van der Waals surface area contributed by atoms with Crippen molar-refractivity contribution in [1.82, 2.24) is 19.8 Å². The molecule has 0 radical (unpaired) electrons. The number of morpholine rings is 1. The second-order valence-electron chi connectivity index (χ2n) is 9.60. The Kier molecular flexibility index (Phi) is 7.12. The first-order valence-corrected chi connectivity index (χ1v) is 13.4. The largest absolute Gasteiger partial charge is 0.482 e. The number of hydrogen-bond acceptors (Lipinski definition) is 6. The molecule has 1 atom stereocenters. The first-order valence-electron chi connectivity index (χ1n) is 12.6. The van der Waals surface area contributed by atoms with Gasteiger partial charge in [-0.25, -0.2) is 0 Å². The minimum Gasteiger partial charge on any atom is -0.482 e. The van der Waals surface area contributed by atoms with Crippen molar-refractivity contribution in [2.45, 2.75) is 25.7 Å². The van der Waals surface area contributed by atoms with Crippen molar-refractivity contribution in [2.75, 3.05) is 26.3 Å². The molecule has 4 heterocycles. The third-order valence-electron chi connectivity index (χ3n) is 7.00. The summed E-state index contributed by atoms with van der Waals surface area (Å²) in [5.41, 5.74) is 4.21. The van der Waals surface area contributed by atoms with Crippen LogP contribution in [-0.4, -0.2) is 45.7 Å². The minimum atomic E-state index is -0.232. The standard InChI is InChI=1S/C29H27ClN4O3S/c30-22-5-3-19(4-6-22)14-32-29(38)24-17-34-18-26(21-2-1-7-31-15-21)37-25-13-20(12-23(27(25)34)28(24)35)16-33-8-10-36-11-9-33/h1-7,12-13,15,17,26H,8-11,14,16,18H2,(H,32,38). The first-order chi connectivity index (χ1) is 18.5. The number of ether oxygens (including phenoxy) is 2. The number of pyridine rings is 2. The Hall–Kier alpha value is -3.30. The van der Waals surface area contributed by atoms with Gasteiger partial charge in [0.05, 0.1) is 36.2 Å². The van der Waals surface area contributed by atoms with E-state index in [1.165, 1.54) is 0 Å². The molecule has 9 heteroatoms. The lowest BCUT2D eigenvalue weighted by atomic mass is 10.0. The molecule has 2 aromatic carbocycles. The summed E-state index contributed by atoms with van der Waals surface area (Å²) in [6, 6.07) is 15.5. The van der Waals surface area contributed by atoms with Crippen LogP contribution >= 0.6 is 23.8 Å². The summed E-state index contributed by atoms with van der Waals surface area (Å²) in [6.45, 7) is 4.90. The lowest BCUT2D eigenvalue weighted by molar-refractivity contribution is 0.0341. The highest BCUT2D eigenvalue weighted by Crippen LogP contribution is 2.36. The van der Waals surface area contributed by atoms with Gasteiger partial charge in [0, 0.05) is 55.4 Å². The summed E-state index contributed by atoms with van der Waals surface area (Å²) in [5, 5.41) is 4.55. The van der Waals surface area contributed by atoms with Crippen LogP contribution in [0.3, 0.4) is 0 Å². The van der Waals surface area contributed by atoms with E-state index in [1.54, 1.807) is 6.20 Å². The molecule has 2 aliphatic rings. The molecule has 6 rings (SSSR count). The van der Waals surface area contributed by atoms with E-state index >= 15 is 0 Å². The Labute approximate surface area is 231 Å². The molecule has 38 heavy (non-hydrogen) atoms. The van der Waals surface area contributed by atoms with E-state index in [1.807, 2.05) is 54.9 Å². The lowest BCUT2D eigenvalue weighted by Gasteiger charge is -2.30. The van der Waals surface area contributed by atoms with Gasteiger partial charge in [0.1, 0.15) is 16.8 Å². The average molecular weight is 547 g/mol. The maximum atomic E-state index is 13.8. The molecule has 7 nitrogen and oxygen atoms in total. The van der Waals surface area contributed by atoms with Crippen molar-refractivity contribution in [2.24, 2.45) is 0 Å². The maximum Gasteiger partial charge on any atom is 0.199 e. The number of halogens is 1. The molecule has 1 N–H and O–H groups in total. The fraction of sp³-hybridized carbons (Fsp3) is 0.276. The van der Waals surface area contributed by atoms with E-state index in [-0.39, 0.29) is 11.5 Å². The molecule has 194 valence electrons. The molecule has 2 aromatic heterocycles. The van der Waals surface area contributed by atoms with E-state index in [0.717, 1.165) is 41.8 Å². The van der Waals surface area contributed by atoms with Gasteiger partial charge in [-0.05, 0) is 41.5 Å². The molecule has 1 saturated heterocycles. The van der Waals surface area contributed by atoms with Gasteiger partial charge < -0.3 is 19.4 Å². The summed E-state index contributed by atoms with van der Waals surface area (Å²) in [7, 11) is 0. The molecule has 0 bridgehead atoms. The van der Waals surface area contributed by atoms with Crippen molar-refractivity contribution in [3.8, 4) is 5.75 Å². The van der Waals surface area contributed by atoms with Crippen molar-refractivity contribution < 1.29 is 9.47 Å². The smallest absolute Gasteiger partial charge is 0.199 e. The van der Waals surface area contributed by atoms with Gasteiger partial charge in [-0.15, -0.1) is 0 Å². The fourth-order valence-corrected chi connectivity index (χ4v) is 5.40. The number of nitrogens with one attached hydrogen (secondary N) is 1. The maximum absolute atomic E-state index is 13.8. The zero-order chi connectivity index (χ0) is 26.1. The predicted octanol–water partition coefficient (Wildman–Crippen LogP) is 4.48. The zero-order valence-corrected chi connectivity index (χ0v) is 22.3. The van der Waals surface area contributed by atoms with Crippen LogP contribution in [0.2, 0.25) is 5.02 Å². The van der Waals surface area contributed by atoms with Crippen molar-refractivity contribution in [3.63, 3.8) is 0 Å². The van der Waals surface area contributed by atoms with Crippen LogP contribution in [0.4, 0.5) is 0 Å². The van der Waals surface area contributed by atoms with Gasteiger partial charge in [-0.3, -0.25) is 14.7 Å². The fourth-order valence-electron chi connectivity index (χ4n) is 5.05. The molecule has 1 unspecified atom stereocenters. The van der Waals surface area contributed by atoms with Gasteiger partial charge in [-0.2, -0.15) is 0 Å². The van der Waals surface area contributed by atoms with Crippen LogP contribution in [0.1, 0.15) is 28.4 Å². The number of hydrogen-bond donors (Lipinski definition) is 1. The second kappa shape index (κ2) is 10.8.